The highest BCUT2D eigenvalue weighted by atomic mass is 15.2. The van der Waals surface area contributed by atoms with Crippen LogP contribution in [0, 0.1) is 40.9 Å². The van der Waals surface area contributed by atoms with Crippen molar-refractivity contribution in [3.63, 3.8) is 0 Å². The summed E-state index contributed by atoms with van der Waals surface area (Å²) < 4.78 is 0. The third kappa shape index (κ3) is 4.09. The van der Waals surface area contributed by atoms with Gasteiger partial charge in [-0.15, -0.1) is 0 Å². The van der Waals surface area contributed by atoms with Crippen molar-refractivity contribution < 1.29 is 0 Å². The molecule has 2 aliphatic heterocycles. The summed E-state index contributed by atoms with van der Waals surface area (Å²) in [6.45, 7) is 5.39. The van der Waals surface area contributed by atoms with Crippen molar-refractivity contribution in [1.82, 2.24) is 10.2 Å². The lowest BCUT2D eigenvalue weighted by atomic mass is 9.54. The van der Waals surface area contributed by atoms with Crippen LogP contribution in [-0.2, 0) is 0 Å². The molecule has 0 radical (unpaired) electrons. The largest absolute Gasteiger partial charge is 0.311 e. The van der Waals surface area contributed by atoms with Crippen LogP contribution in [0.3, 0.4) is 0 Å². The Balaban J connectivity index is 1.03. The summed E-state index contributed by atoms with van der Waals surface area (Å²) in [6, 6.07) is 4.54. The SMILES string of the molecule is CC1(C)C2CCCCC2N(C2CCC(C3CCC4NC5CCCCC5C4C3)CC2)C2CCCCC21. The summed E-state index contributed by atoms with van der Waals surface area (Å²) in [5, 5.41) is 4.12. The van der Waals surface area contributed by atoms with E-state index in [9.17, 15) is 0 Å². The summed E-state index contributed by atoms with van der Waals surface area (Å²) in [7, 11) is 0. The summed E-state index contributed by atoms with van der Waals surface area (Å²) in [6.07, 6.45) is 28.9. The van der Waals surface area contributed by atoms with Gasteiger partial charge in [0.15, 0.2) is 0 Å². The number of nitrogens with one attached hydrogen (secondary N) is 1. The zero-order valence-electron chi connectivity index (χ0n) is 23.2. The van der Waals surface area contributed by atoms with Crippen LogP contribution in [0.5, 0.6) is 0 Å². The minimum absolute atomic E-state index is 0.578. The number of likely N-dealkylation sites (tertiary alicyclic amines) is 1. The van der Waals surface area contributed by atoms with Crippen molar-refractivity contribution >= 4 is 0 Å². The number of rotatable bonds is 2. The zero-order chi connectivity index (χ0) is 23.6. The Morgan fingerprint density at radius 1 is 0.543 bits per heavy atom. The van der Waals surface area contributed by atoms with Crippen LogP contribution in [0.15, 0.2) is 0 Å². The Kier molecular flexibility index (Phi) is 6.57. The minimum atomic E-state index is 0.578. The molecule has 9 atom stereocenters. The number of fused-ring (bicyclic) bond motifs is 5. The third-order valence-electron chi connectivity index (χ3n) is 13.7. The molecule has 2 saturated heterocycles. The average Bonchev–Trinajstić information content (AvgIpc) is 3.27. The molecule has 0 aromatic rings. The molecule has 35 heavy (non-hydrogen) atoms. The first-order valence-corrected chi connectivity index (χ1v) is 16.6. The second-order valence-electron chi connectivity index (χ2n) is 15.3. The lowest BCUT2D eigenvalue weighted by molar-refractivity contribution is -0.143. The van der Waals surface area contributed by atoms with Crippen molar-refractivity contribution in [2.75, 3.05) is 0 Å². The molecule has 5 saturated carbocycles. The van der Waals surface area contributed by atoms with Crippen LogP contribution < -0.4 is 5.32 Å². The highest BCUT2D eigenvalue weighted by Crippen LogP contribution is 2.57. The average molecular weight is 481 g/mol. The molecule has 0 aromatic heterocycles. The van der Waals surface area contributed by atoms with Gasteiger partial charge < -0.3 is 5.32 Å². The first kappa shape index (κ1) is 24.0. The number of nitrogens with zero attached hydrogens (tertiary/aromatic N) is 1. The monoisotopic (exact) mass is 480 g/mol. The topological polar surface area (TPSA) is 15.3 Å². The van der Waals surface area contributed by atoms with E-state index in [2.05, 4.69) is 24.1 Å². The Bertz CT molecular complexity index is 711. The first-order valence-electron chi connectivity index (χ1n) is 16.6. The van der Waals surface area contributed by atoms with Gasteiger partial charge in [0.1, 0.15) is 0 Å². The van der Waals surface area contributed by atoms with Crippen molar-refractivity contribution in [1.29, 1.82) is 0 Å². The van der Waals surface area contributed by atoms with Crippen LogP contribution in [0.25, 0.3) is 0 Å². The van der Waals surface area contributed by atoms with Gasteiger partial charge in [-0.2, -0.15) is 0 Å². The molecule has 198 valence electrons. The molecule has 0 bridgehead atoms. The van der Waals surface area contributed by atoms with Gasteiger partial charge in [0.05, 0.1) is 0 Å². The molecule has 2 heteroatoms. The van der Waals surface area contributed by atoms with Gasteiger partial charge in [0, 0.05) is 30.2 Å². The van der Waals surface area contributed by atoms with Crippen LogP contribution in [-0.4, -0.2) is 35.1 Å². The van der Waals surface area contributed by atoms with E-state index < -0.39 is 0 Å². The van der Waals surface area contributed by atoms with E-state index in [0.29, 0.717) is 5.41 Å². The smallest absolute Gasteiger partial charge is 0.0135 e. The molecule has 9 unspecified atom stereocenters. The van der Waals surface area contributed by atoms with Gasteiger partial charge in [-0.05, 0) is 124 Å². The van der Waals surface area contributed by atoms with E-state index >= 15 is 0 Å². The Hall–Kier alpha value is -0.0800. The maximum Gasteiger partial charge on any atom is 0.0135 e. The van der Waals surface area contributed by atoms with E-state index in [0.717, 1.165) is 65.7 Å². The van der Waals surface area contributed by atoms with E-state index in [1.165, 1.54) is 103 Å². The third-order valence-corrected chi connectivity index (χ3v) is 13.7. The van der Waals surface area contributed by atoms with Crippen molar-refractivity contribution in [3.8, 4) is 0 Å². The van der Waals surface area contributed by atoms with Crippen LogP contribution in [0.4, 0.5) is 0 Å². The molecule has 5 aliphatic carbocycles. The quantitative estimate of drug-likeness (QED) is 0.431. The Morgan fingerprint density at radius 3 is 1.83 bits per heavy atom. The standard InChI is InChI=1S/C33H56N2/c1-33(2)27-10-4-7-13-31(27)35(32-14-8-5-11-28(32)33)24-18-15-22(16-19-24)23-17-20-30-26(21-23)25-9-3-6-12-29(25)34-30/h22-32,34H,3-21H2,1-2H3. The summed E-state index contributed by atoms with van der Waals surface area (Å²) >= 11 is 0. The van der Waals surface area contributed by atoms with Crippen LogP contribution in [0.2, 0.25) is 0 Å². The van der Waals surface area contributed by atoms with Gasteiger partial charge in [-0.3, -0.25) is 4.90 Å². The summed E-state index contributed by atoms with van der Waals surface area (Å²) in [4.78, 5) is 3.26. The van der Waals surface area contributed by atoms with Gasteiger partial charge in [0.25, 0.3) is 0 Å². The summed E-state index contributed by atoms with van der Waals surface area (Å²) in [5.41, 5.74) is 0.578. The van der Waals surface area contributed by atoms with Crippen molar-refractivity contribution in [3.05, 3.63) is 0 Å². The van der Waals surface area contributed by atoms with E-state index in [4.69, 9.17) is 0 Å². The normalized spacial score (nSPS) is 52.1. The molecule has 7 aliphatic rings. The maximum absolute atomic E-state index is 4.12. The molecule has 2 heterocycles. The number of hydrogen-bond acceptors (Lipinski definition) is 2. The van der Waals surface area contributed by atoms with Gasteiger partial charge in [-0.1, -0.05) is 52.4 Å². The molecule has 1 N–H and O–H groups in total. The van der Waals surface area contributed by atoms with Gasteiger partial charge in [0.2, 0.25) is 0 Å². The van der Waals surface area contributed by atoms with E-state index in [1.807, 2.05) is 0 Å². The Labute approximate surface area is 217 Å². The zero-order valence-corrected chi connectivity index (χ0v) is 23.2. The molecule has 7 fully saturated rings. The summed E-state index contributed by atoms with van der Waals surface area (Å²) in [5.74, 6) is 6.14. The predicted molar refractivity (Wildman–Crippen MR) is 146 cm³/mol. The molecule has 0 amide bonds. The minimum Gasteiger partial charge on any atom is -0.311 e. The predicted octanol–water partition coefficient (Wildman–Crippen LogP) is 7.95. The van der Waals surface area contributed by atoms with Gasteiger partial charge >= 0.3 is 0 Å². The first-order chi connectivity index (χ1) is 17.1. The highest BCUT2D eigenvalue weighted by Gasteiger charge is 2.55. The van der Waals surface area contributed by atoms with E-state index in [-0.39, 0.29) is 0 Å². The molecule has 0 spiro atoms. The Morgan fingerprint density at radius 2 is 1.11 bits per heavy atom. The maximum atomic E-state index is 4.12. The second-order valence-corrected chi connectivity index (χ2v) is 15.3. The lowest BCUT2D eigenvalue weighted by Crippen LogP contribution is -2.66. The van der Waals surface area contributed by atoms with E-state index in [1.54, 1.807) is 19.3 Å². The lowest BCUT2D eigenvalue weighted by Gasteiger charge is -2.64. The van der Waals surface area contributed by atoms with Crippen LogP contribution in [0.1, 0.15) is 136 Å². The van der Waals surface area contributed by atoms with Crippen molar-refractivity contribution in [2.45, 2.75) is 166 Å². The molecular weight excluding hydrogens is 424 g/mol. The molecule has 7 rings (SSSR count). The van der Waals surface area contributed by atoms with Gasteiger partial charge in [-0.25, -0.2) is 0 Å². The molecule has 0 aromatic carbocycles. The molecule has 2 nitrogen and oxygen atoms in total. The highest BCUT2D eigenvalue weighted by molar-refractivity contribution is 5.08. The second kappa shape index (κ2) is 9.59. The fraction of sp³-hybridized carbons (Fsp3) is 1.00. The number of hydrogen-bond donors (Lipinski definition) is 1. The fourth-order valence-corrected chi connectivity index (χ4v) is 12.1. The fourth-order valence-electron chi connectivity index (χ4n) is 12.1. The molecular formula is C33H56N2. The van der Waals surface area contributed by atoms with Crippen LogP contribution >= 0.6 is 0 Å². The number of piperidine rings is 1. The van der Waals surface area contributed by atoms with Crippen molar-refractivity contribution in [2.24, 2.45) is 40.9 Å².